The van der Waals surface area contributed by atoms with E-state index in [1.165, 1.54) is 6.07 Å². The van der Waals surface area contributed by atoms with E-state index in [1.54, 1.807) is 0 Å². The summed E-state index contributed by atoms with van der Waals surface area (Å²) in [5.41, 5.74) is -0.589. The summed E-state index contributed by atoms with van der Waals surface area (Å²) in [4.78, 5) is 21.9. The highest BCUT2D eigenvalue weighted by atomic mass is 35.5. The Labute approximate surface area is 89.6 Å². The summed E-state index contributed by atoms with van der Waals surface area (Å²) >= 11 is 6.68. The Kier molecular flexibility index (Phi) is 4.03. The number of hydrogen-bond donors (Lipinski definition) is 1. The Morgan fingerprint density at radius 1 is 1.64 bits per heavy atom. The lowest BCUT2D eigenvalue weighted by molar-refractivity contribution is 0.269. The van der Waals surface area contributed by atoms with Gasteiger partial charge in [0.05, 0.1) is 5.02 Å². The highest BCUT2D eigenvalue weighted by Crippen LogP contribution is 2.14. The van der Waals surface area contributed by atoms with Gasteiger partial charge in [-0.2, -0.15) is 0 Å². The fourth-order valence-corrected chi connectivity index (χ4v) is 1.40. The number of nitrogens with one attached hydrogen (secondary N) is 1. The van der Waals surface area contributed by atoms with E-state index in [4.69, 9.17) is 11.6 Å². The molecule has 0 aliphatic carbocycles. The van der Waals surface area contributed by atoms with E-state index in [9.17, 15) is 9.59 Å². The molecule has 0 fully saturated rings. The van der Waals surface area contributed by atoms with Crippen molar-refractivity contribution < 1.29 is 9.21 Å². The third kappa shape index (κ3) is 3.43. The fraction of sp³-hybridized carbons (Fsp3) is 0.250. The summed E-state index contributed by atoms with van der Waals surface area (Å²) in [6.45, 7) is 1.85. The molecular weight excluding hydrogens is 226 g/mol. The summed E-state index contributed by atoms with van der Waals surface area (Å²) in [6, 6.07) is 2.50. The van der Waals surface area contributed by atoms with E-state index in [1.807, 2.05) is 6.92 Å². The van der Waals surface area contributed by atoms with E-state index < -0.39 is 5.63 Å². The highest BCUT2D eigenvalue weighted by Gasteiger charge is 2.04. The standard InChI is InChI=1S/C8H8ClNO3S/c1-2-14-8(12)10-6-3-5(9)4-7(11)13-6/h3-4H,2H2,1H3,(H,10,12). The van der Waals surface area contributed by atoms with Gasteiger partial charge in [-0.15, -0.1) is 0 Å². The molecule has 6 heteroatoms. The number of thioether (sulfide) groups is 1. The molecule has 0 spiro atoms. The first-order valence-electron chi connectivity index (χ1n) is 3.86. The molecule has 0 saturated carbocycles. The van der Waals surface area contributed by atoms with Crippen molar-refractivity contribution in [1.82, 2.24) is 0 Å². The van der Waals surface area contributed by atoms with Gasteiger partial charge in [-0.25, -0.2) is 4.79 Å². The molecule has 0 atom stereocenters. The van der Waals surface area contributed by atoms with Gasteiger partial charge >= 0.3 is 5.63 Å². The van der Waals surface area contributed by atoms with Crippen LogP contribution in [0.1, 0.15) is 6.92 Å². The van der Waals surface area contributed by atoms with Gasteiger partial charge in [0.15, 0.2) is 0 Å². The van der Waals surface area contributed by atoms with Crippen LogP contribution in [0, 0.1) is 0 Å². The molecule has 0 aliphatic rings. The molecule has 0 bridgehead atoms. The molecule has 0 aromatic carbocycles. The average molecular weight is 234 g/mol. The number of halogens is 1. The lowest BCUT2D eigenvalue weighted by Crippen LogP contribution is -2.08. The molecule has 14 heavy (non-hydrogen) atoms. The fourth-order valence-electron chi connectivity index (χ4n) is 0.776. The maximum Gasteiger partial charge on any atom is 0.338 e. The van der Waals surface area contributed by atoms with Crippen molar-refractivity contribution in [2.75, 3.05) is 11.1 Å². The van der Waals surface area contributed by atoms with E-state index in [0.29, 0.717) is 5.75 Å². The van der Waals surface area contributed by atoms with E-state index >= 15 is 0 Å². The zero-order chi connectivity index (χ0) is 10.6. The Hall–Kier alpha value is -0.940. The Morgan fingerprint density at radius 3 is 2.93 bits per heavy atom. The van der Waals surface area contributed by atoms with Crippen LogP contribution in [0.2, 0.25) is 5.02 Å². The minimum Gasteiger partial charge on any atom is -0.406 e. The quantitative estimate of drug-likeness (QED) is 0.853. The number of hydrogen-bond acceptors (Lipinski definition) is 4. The third-order valence-electron chi connectivity index (χ3n) is 1.24. The van der Waals surface area contributed by atoms with Crippen LogP contribution in [-0.4, -0.2) is 11.0 Å². The zero-order valence-corrected chi connectivity index (χ0v) is 8.95. The lowest BCUT2D eigenvalue weighted by atomic mass is 10.5. The summed E-state index contributed by atoms with van der Waals surface area (Å²) in [6.07, 6.45) is 0. The predicted octanol–water partition coefficient (Wildman–Crippen LogP) is 2.58. The minimum absolute atomic E-state index is 0.0634. The van der Waals surface area contributed by atoms with Gasteiger partial charge in [-0.1, -0.05) is 30.3 Å². The van der Waals surface area contributed by atoms with Crippen LogP contribution in [-0.2, 0) is 0 Å². The van der Waals surface area contributed by atoms with E-state index in [0.717, 1.165) is 17.8 Å². The normalized spacial score (nSPS) is 9.86. The first-order chi connectivity index (χ1) is 6.61. The minimum atomic E-state index is -0.589. The van der Waals surface area contributed by atoms with Crippen molar-refractivity contribution in [3.63, 3.8) is 0 Å². The Balaban J connectivity index is 2.76. The number of carbonyl (C=O) groups excluding carboxylic acids is 1. The second kappa shape index (κ2) is 5.07. The van der Waals surface area contributed by atoms with Crippen molar-refractivity contribution in [3.8, 4) is 0 Å². The van der Waals surface area contributed by atoms with Crippen molar-refractivity contribution in [2.45, 2.75) is 6.92 Å². The van der Waals surface area contributed by atoms with E-state index in [2.05, 4.69) is 9.73 Å². The number of rotatable bonds is 2. The second-order valence-corrected chi connectivity index (χ2v) is 3.98. The van der Waals surface area contributed by atoms with E-state index in [-0.39, 0.29) is 16.1 Å². The van der Waals surface area contributed by atoms with Crippen LogP contribution in [0.3, 0.4) is 0 Å². The molecule has 1 rings (SSSR count). The number of amides is 1. The second-order valence-electron chi connectivity index (χ2n) is 2.30. The van der Waals surface area contributed by atoms with Crippen molar-refractivity contribution in [2.24, 2.45) is 0 Å². The van der Waals surface area contributed by atoms with Crippen LogP contribution in [0.5, 0.6) is 0 Å². The Morgan fingerprint density at radius 2 is 2.36 bits per heavy atom. The molecule has 76 valence electrons. The molecular formula is C8H8ClNO3S. The van der Waals surface area contributed by atoms with Gasteiger partial charge < -0.3 is 4.42 Å². The van der Waals surface area contributed by atoms with Crippen LogP contribution >= 0.6 is 23.4 Å². The summed E-state index contributed by atoms with van der Waals surface area (Å²) < 4.78 is 4.69. The van der Waals surface area contributed by atoms with Crippen molar-refractivity contribution in [3.05, 3.63) is 27.6 Å². The smallest absolute Gasteiger partial charge is 0.338 e. The molecule has 0 saturated heterocycles. The Bertz CT molecular complexity index is 390. The number of carbonyl (C=O) groups is 1. The molecule has 1 aromatic heterocycles. The van der Waals surface area contributed by atoms with Crippen LogP contribution < -0.4 is 10.9 Å². The lowest BCUT2D eigenvalue weighted by Gasteiger charge is -2.01. The molecule has 0 unspecified atom stereocenters. The van der Waals surface area contributed by atoms with Crippen molar-refractivity contribution >= 4 is 34.5 Å². The van der Waals surface area contributed by atoms with Crippen LogP contribution in [0.25, 0.3) is 0 Å². The maximum absolute atomic E-state index is 11.1. The van der Waals surface area contributed by atoms with Gasteiger partial charge in [0.25, 0.3) is 5.24 Å². The zero-order valence-electron chi connectivity index (χ0n) is 7.37. The molecule has 1 amide bonds. The molecule has 1 aromatic rings. The molecule has 0 radical (unpaired) electrons. The van der Waals surface area contributed by atoms with Gasteiger partial charge in [-0.3, -0.25) is 10.1 Å². The topological polar surface area (TPSA) is 59.3 Å². The predicted molar refractivity (Wildman–Crippen MR) is 57.1 cm³/mol. The third-order valence-corrected chi connectivity index (χ3v) is 2.11. The molecule has 1 heterocycles. The molecule has 4 nitrogen and oxygen atoms in total. The van der Waals surface area contributed by atoms with Gasteiger partial charge in [0.1, 0.15) is 0 Å². The maximum atomic E-state index is 11.1. The molecule has 0 aliphatic heterocycles. The first-order valence-corrected chi connectivity index (χ1v) is 5.22. The van der Waals surface area contributed by atoms with Crippen molar-refractivity contribution in [1.29, 1.82) is 0 Å². The van der Waals surface area contributed by atoms with Gasteiger partial charge in [0.2, 0.25) is 5.88 Å². The van der Waals surface area contributed by atoms with Crippen LogP contribution in [0.15, 0.2) is 21.3 Å². The SMILES string of the molecule is CCSC(=O)Nc1cc(Cl)cc(=O)o1. The summed E-state index contributed by atoms with van der Waals surface area (Å²) in [5, 5.41) is 2.35. The summed E-state index contributed by atoms with van der Waals surface area (Å²) in [7, 11) is 0. The average Bonchev–Trinajstić information content (AvgIpc) is 2.01. The first kappa shape index (κ1) is 11.1. The van der Waals surface area contributed by atoms with Crippen LogP contribution in [0.4, 0.5) is 10.7 Å². The molecule has 1 N–H and O–H groups in total. The summed E-state index contributed by atoms with van der Waals surface area (Å²) in [5.74, 6) is 0.713. The monoisotopic (exact) mass is 233 g/mol. The largest absolute Gasteiger partial charge is 0.406 e. The van der Waals surface area contributed by atoms with Gasteiger partial charge in [0, 0.05) is 12.1 Å². The highest BCUT2D eigenvalue weighted by molar-refractivity contribution is 8.13. The van der Waals surface area contributed by atoms with Gasteiger partial charge in [-0.05, 0) is 5.75 Å². The number of anilines is 1.